The van der Waals surface area contributed by atoms with Gasteiger partial charge in [-0.3, -0.25) is 19.7 Å². The van der Waals surface area contributed by atoms with Gasteiger partial charge in [0, 0.05) is 41.7 Å². The molecule has 2 aliphatic rings. The number of nitro benzene ring substituents is 1. The van der Waals surface area contributed by atoms with Gasteiger partial charge in [-0.15, -0.1) is 0 Å². The molecule has 0 aliphatic carbocycles. The van der Waals surface area contributed by atoms with Crippen molar-refractivity contribution in [1.82, 2.24) is 14.8 Å². The molecule has 5 rings (SSSR count). The van der Waals surface area contributed by atoms with Crippen molar-refractivity contribution in [2.45, 2.75) is 38.8 Å². The van der Waals surface area contributed by atoms with Crippen LogP contribution in [0.1, 0.15) is 43.1 Å². The number of rotatable bonds is 5. The normalized spacial score (nSPS) is 20.3. The van der Waals surface area contributed by atoms with E-state index >= 15 is 0 Å². The molecule has 0 spiro atoms. The molecule has 2 aliphatic heterocycles. The molecule has 1 fully saturated rings. The fraction of sp³-hybridized carbons (Fsp3) is 0.360. The highest BCUT2D eigenvalue weighted by Gasteiger charge is 2.48. The van der Waals surface area contributed by atoms with Crippen LogP contribution in [-0.2, 0) is 16.0 Å². The van der Waals surface area contributed by atoms with Gasteiger partial charge < -0.3 is 14.8 Å². The minimum Gasteiger partial charge on any atom is -0.356 e. The number of benzene rings is 2. The number of para-hydroxylation sites is 1. The number of hydrogen-bond acceptors (Lipinski definition) is 4. The van der Waals surface area contributed by atoms with E-state index in [0.717, 1.165) is 28.6 Å². The van der Waals surface area contributed by atoms with Crippen molar-refractivity contribution in [1.29, 1.82) is 0 Å². The van der Waals surface area contributed by atoms with Crippen molar-refractivity contribution in [2.24, 2.45) is 5.92 Å². The SMILES string of the molecule is CC(C)CCN1CC(=O)N2[C@@H](c3cccc([N+](=O)[O-])c3)c3[nH]c4ccccc4c3C[C@@H]2C1=O. The maximum atomic E-state index is 13.6. The second-order valence-electron chi connectivity index (χ2n) is 9.28. The molecular weight excluding hydrogens is 420 g/mol. The van der Waals surface area contributed by atoms with E-state index in [-0.39, 0.29) is 24.0 Å². The lowest BCUT2D eigenvalue weighted by Crippen LogP contribution is -2.63. The molecule has 0 radical (unpaired) electrons. The van der Waals surface area contributed by atoms with Gasteiger partial charge >= 0.3 is 0 Å². The molecule has 8 heteroatoms. The molecule has 8 nitrogen and oxygen atoms in total. The lowest BCUT2D eigenvalue weighted by molar-refractivity contribution is -0.384. The van der Waals surface area contributed by atoms with Crippen molar-refractivity contribution in [3.63, 3.8) is 0 Å². The van der Waals surface area contributed by atoms with Crippen molar-refractivity contribution >= 4 is 28.4 Å². The summed E-state index contributed by atoms with van der Waals surface area (Å²) in [5.74, 6) is 0.237. The molecule has 1 N–H and O–H groups in total. The number of aromatic amines is 1. The number of hydrogen-bond donors (Lipinski definition) is 1. The maximum Gasteiger partial charge on any atom is 0.269 e. The Bertz CT molecular complexity index is 1260. The van der Waals surface area contributed by atoms with Crippen LogP contribution in [-0.4, -0.2) is 50.7 Å². The Balaban J connectivity index is 1.65. The minimum absolute atomic E-state index is 0.0308. The zero-order valence-corrected chi connectivity index (χ0v) is 18.7. The molecule has 0 saturated carbocycles. The van der Waals surface area contributed by atoms with Gasteiger partial charge in [0.2, 0.25) is 11.8 Å². The molecule has 1 aromatic heterocycles. The molecule has 0 unspecified atom stereocenters. The monoisotopic (exact) mass is 446 g/mol. The van der Waals surface area contributed by atoms with E-state index in [9.17, 15) is 19.7 Å². The highest BCUT2D eigenvalue weighted by atomic mass is 16.6. The topological polar surface area (TPSA) is 99.5 Å². The quantitative estimate of drug-likeness (QED) is 0.476. The van der Waals surface area contributed by atoms with E-state index < -0.39 is 17.0 Å². The third kappa shape index (κ3) is 3.55. The first kappa shape index (κ1) is 21.2. The number of amides is 2. The summed E-state index contributed by atoms with van der Waals surface area (Å²) < 4.78 is 0. The first-order chi connectivity index (χ1) is 15.8. The smallest absolute Gasteiger partial charge is 0.269 e. The molecule has 3 heterocycles. The van der Waals surface area contributed by atoms with E-state index in [1.54, 1.807) is 21.9 Å². The number of fused-ring (bicyclic) bond motifs is 4. The van der Waals surface area contributed by atoms with E-state index in [1.165, 1.54) is 12.1 Å². The molecule has 1 saturated heterocycles. The van der Waals surface area contributed by atoms with Crippen LogP contribution in [0.4, 0.5) is 5.69 Å². The lowest BCUT2D eigenvalue weighted by Gasteiger charge is -2.47. The number of carbonyl (C=O) groups is 2. The summed E-state index contributed by atoms with van der Waals surface area (Å²) in [7, 11) is 0. The van der Waals surface area contributed by atoms with Gasteiger partial charge in [-0.05, 0) is 29.5 Å². The average molecular weight is 447 g/mol. The van der Waals surface area contributed by atoms with Crippen LogP contribution < -0.4 is 0 Å². The van der Waals surface area contributed by atoms with Crippen LogP contribution in [0, 0.1) is 16.0 Å². The van der Waals surface area contributed by atoms with Crippen molar-refractivity contribution in [3.05, 3.63) is 75.5 Å². The second kappa shape index (κ2) is 8.03. The van der Waals surface area contributed by atoms with Crippen molar-refractivity contribution in [3.8, 4) is 0 Å². The van der Waals surface area contributed by atoms with Crippen LogP contribution >= 0.6 is 0 Å². The summed E-state index contributed by atoms with van der Waals surface area (Å²) in [4.78, 5) is 44.8. The van der Waals surface area contributed by atoms with E-state index in [2.05, 4.69) is 18.8 Å². The average Bonchev–Trinajstić information content (AvgIpc) is 3.17. The Morgan fingerprint density at radius 2 is 1.94 bits per heavy atom. The highest BCUT2D eigenvalue weighted by molar-refractivity contribution is 5.97. The molecule has 33 heavy (non-hydrogen) atoms. The fourth-order valence-corrected chi connectivity index (χ4v) is 5.08. The summed E-state index contributed by atoms with van der Waals surface area (Å²) in [5.41, 5.74) is 3.33. The first-order valence-corrected chi connectivity index (χ1v) is 11.3. The van der Waals surface area contributed by atoms with Gasteiger partial charge in [0.1, 0.15) is 6.04 Å². The number of piperazine rings is 1. The van der Waals surface area contributed by atoms with Crippen molar-refractivity contribution < 1.29 is 14.5 Å². The Kier molecular flexibility index (Phi) is 5.15. The number of nitrogens with zero attached hydrogens (tertiary/aromatic N) is 3. The van der Waals surface area contributed by atoms with E-state index in [1.807, 2.05) is 24.3 Å². The number of carbonyl (C=O) groups excluding carboxylic acids is 2. The standard InChI is InChI=1S/C25H26N4O4/c1-15(2)10-11-27-14-22(30)28-21(25(27)31)13-19-18-8-3-4-9-20(18)26-23(19)24(28)16-6-5-7-17(12-16)29(32)33/h3-9,12,15,21,24,26H,10-11,13-14H2,1-2H3/t21-,24+/m1/s1. The first-order valence-electron chi connectivity index (χ1n) is 11.3. The maximum absolute atomic E-state index is 13.6. The van der Waals surface area contributed by atoms with Gasteiger partial charge in [0.05, 0.1) is 17.5 Å². The molecular formula is C25H26N4O4. The summed E-state index contributed by atoms with van der Waals surface area (Å²) in [6.07, 6.45) is 1.26. The molecule has 3 aromatic rings. The lowest BCUT2D eigenvalue weighted by atomic mass is 9.86. The summed E-state index contributed by atoms with van der Waals surface area (Å²) in [5, 5.41) is 12.5. The summed E-state index contributed by atoms with van der Waals surface area (Å²) in [6.45, 7) is 4.78. The predicted molar refractivity (Wildman–Crippen MR) is 124 cm³/mol. The number of non-ortho nitro benzene ring substituents is 1. The van der Waals surface area contributed by atoms with E-state index in [4.69, 9.17) is 0 Å². The van der Waals surface area contributed by atoms with Gasteiger partial charge in [0.15, 0.2) is 0 Å². The number of nitrogens with one attached hydrogen (secondary N) is 1. The highest BCUT2D eigenvalue weighted by Crippen LogP contribution is 2.43. The summed E-state index contributed by atoms with van der Waals surface area (Å²) >= 11 is 0. The van der Waals surface area contributed by atoms with Crippen LogP contribution in [0.25, 0.3) is 10.9 Å². The van der Waals surface area contributed by atoms with Crippen LogP contribution in [0.2, 0.25) is 0 Å². The fourth-order valence-electron chi connectivity index (χ4n) is 5.08. The predicted octanol–water partition coefficient (Wildman–Crippen LogP) is 3.81. The Labute approximate surface area is 191 Å². The molecule has 2 aromatic carbocycles. The Morgan fingerprint density at radius 1 is 1.15 bits per heavy atom. The zero-order chi connectivity index (χ0) is 23.3. The van der Waals surface area contributed by atoms with Gasteiger partial charge in [-0.25, -0.2) is 0 Å². The number of aromatic nitrogens is 1. The molecule has 170 valence electrons. The van der Waals surface area contributed by atoms with Crippen LogP contribution in [0.3, 0.4) is 0 Å². The van der Waals surface area contributed by atoms with Crippen LogP contribution in [0.5, 0.6) is 0 Å². The molecule has 0 bridgehead atoms. The minimum atomic E-state index is -0.630. The summed E-state index contributed by atoms with van der Waals surface area (Å²) in [6, 6.07) is 13.0. The van der Waals surface area contributed by atoms with Crippen molar-refractivity contribution in [2.75, 3.05) is 13.1 Å². The zero-order valence-electron chi connectivity index (χ0n) is 18.7. The third-order valence-corrected chi connectivity index (χ3v) is 6.72. The molecule has 2 amide bonds. The van der Waals surface area contributed by atoms with Gasteiger partial charge in [0.25, 0.3) is 5.69 Å². The Morgan fingerprint density at radius 3 is 2.70 bits per heavy atom. The molecule has 2 atom stereocenters. The largest absolute Gasteiger partial charge is 0.356 e. The number of H-pyrrole nitrogens is 1. The van der Waals surface area contributed by atoms with Gasteiger partial charge in [-0.1, -0.05) is 44.2 Å². The number of nitro groups is 1. The third-order valence-electron chi connectivity index (χ3n) is 6.72. The van der Waals surface area contributed by atoms with Gasteiger partial charge in [-0.2, -0.15) is 0 Å². The van der Waals surface area contributed by atoms with E-state index in [0.29, 0.717) is 24.4 Å². The second-order valence-corrected chi connectivity index (χ2v) is 9.28. The Hall–Kier alpha value is -3.68. The van der Waals surface area contributed by atoms with Crippen LogP contribution in [0.15, 0.2) is 48.5 Å².